The van der Waals surface area contributed by atoms with Crippen LogP contribution in [0.5, 0.6) is 5.75 Å². The van der Waals surface area contributed by atoms with Gasteiger partial charge in [-0.15, -0.1) is 0 Å². The molecule has 0 heterocycles. The fourth-order valence-electron chi connectivity index (χ4n) is 2.82. The van der Waals surface area contributed by atoms with Crippen LogP contribution in [0.2, 0.25) is 0 Å². The van der Waals surface area contributed by atoms with E-state index in [9.17, 15) is 0 Å². The molecule has 1 N–H and O–H groups in total. The molecule has 0 aliphatic heterocycles. The molecule has 0 spiro atoms. The zero-order valence-electron chi connectivity index (χ0n) is 13.2. The molecule has 2 nitrogen and oxygen atoms in total. The predicted molar refractivity (Wildman–Crippen MR) is 85.3 cm³/mol. The van der Waals surface area contributed by atoms with Crippen LogP contribution < -0.4 is 10.1 Å². The number of nitrogens with one attached hydrogen (secondary N) is 1. The van der Waals surface area contributed by atoms with Gasteiger partial charge in [0.1, 0.15) is 12.4 Å². The van der Waals surface area contributed by atoms with Crippen LogP contribution in [0.1, 0.15) is 45.1 Å². The molecule has 0 radical (unpaired) electrons. The summed E-state index contributed by atoms with van der Waals surface area (Å²) in [4.78, 5) is 0. The molecular weight excluding hydrogens is 246 g/mol. The lowest BCUT2D eigenvalue weighted by Crippen LogP contribution is -2.36. The highest BCUT2D eigenvalue weighted by Crippen LogP contribution is 2.27. The molecule has 1 atom stereocenters. The summed E-state index contributed by atoms with van der Waals surface area (Å²) in [5, 5.41) is 3.62. The van der Waals surface area contributed by atoms with Crippen molar-refractivity contribution in [1.29, 1.82) is 0 Å². The zero-order chi connectivity index (χ0) is 14.4. The largest absolute Gasteiger partial charge is 0.492 e. The SMILES string of the molecule is Cc1ccc(OCC(C)NCC2CCC(C)CC2)cc1. The third kappa shape index (κ3) is 5.16. The molecular formula is C18H29NO. The second-order valence-electron chi connectivity index (χ2n) is 6.56. The average Bonchev–Trinajstić information content (AvgIpc) is 2.46. The van der Waals surface area contributed by atoms with Gasteiger partial charge in [0.15, 0.2) is 0 Å². The number of hydrogen-bond acceptors (Lipinski definition) is 2. The van der Waals surface area contributed by atoms with Crippen molar-refractivity contribution in [2.45, 2.75) is 52.5 Å². The molecule has 112 valence electrons. The Bertz CT molecular complexity index is 379. The molecule has 1 aliphatic carbocycles. The summed E-state index contributed by atoms with van der Waals surface area (Å²) in [6, 6.07) is 8.69. The van der Waals surface area contributed by atoms with Crippen molar-refractivity contribution in [3.8, 4) is 5.75 Å². The molecule has 1 aromatic carbocycles. The third-order valence-corrected chi connectivity index (χ3v) is 4.41. The van der Waals surface area contributed by atoms with E-state index in [1.807, 2.05) is 12.1 Å². The van der Waals surface area contributed by atoms with Gasteiger partial charge in [-0.25, -0.2) is 0 Å². The van der Waals surface area contributed by atoms with Crippen molar-refractivity contribution in [2.75, 3.05) is 13.2 Å². The molecule has 20 heavy (non-hydrogen) atoms. The van der Waals surface area contributed by atoms with Gasteiger partial charge in [0.2, 0.25) is 0 Å². The van der Waals surface area contributed by atoms with Gasteiger partial charge >= 0.3 is 0 Å². The van der Waals surface area contributed by atoms with Gasteiger partial charge in [0, 0.05) is 6.04 Å². The minimum atomic E-state index is 0.413. The quantitative estimate of drug-likeness (QED) is 0.841. The van der Waals surface area contributed by atoms with Gasteiger partial charge in [-0.1, -0.05) is 37.5 Å². The van der Waals surface area contributed by atoms with Crippen LogP contribution in [0.4, 0.5) is 0 Å². The molecule has 0 aromatic heterocycles. The number of benzene rings is 1. The summed E-state index contributed by atoms with van der Waals surface area (Å²) < 4.78 is 5.82. The first-order chi connectivity index (χ1) is 9.63. The Morgan fingerprint density at radius 2 is 1.80 bits per heavy atom. The van der Waals surface area contributed by atoms with Crippen LogP contribution in [-0.4, -0.2) is 19.2 Å². The number of ether oxygens (including phenoxy) is 1. The Balaban J connectivity index is 1.62. The maximum absolute atomic E-state index is 5.82. The molecule has 0 bridgehead atoms. The topological polar surface area (TPSA) is 21.3 Å². The molecule has 2 heteroatoms. The van der Waals surface area contributed by atoms with E-state index in [0.717, 1.165) is 30.7 Å². The normalized spacial score (nSPS) is 24.4. The Labute approximate surface area is 123 Å². The van der Waals surface area contributed by atoms with Gasteiger partial charge in [-0.2, -0.15) is 0 Å². The Kier molecular flexibility index (Phi) is 5.90. The van der Waals surface area contributed by atoms with Crippen LogP contribution in [0, 0.1) is 18.8 Å². The average molecular weight is 275 g/mol. The first-order valence-electron chi connectivity index (χ1n) is 8.06. The van der Waals surface area contributed by atoms with Crippen LogP contribution in [0.25, 0.3) is 0 Å². The molecule has 1 fully saturated rings. The highest BCUT2D eigenvalue weighted by Gasteiger charge is 2.18. The number of aryl methyl sites for hydroxylation is 1. The highest BCUT2D eigenvalue weighted by molar-refractivity contribution is 5.26. The second kappa shape index (κ2) is 7.68. The van der Waals surface area contributed by atoms with Crippen LogP contribution in [-0.2, 0) is 0 Å². The zero-order valence-corrected chi connectivity index (χ0v) is 13.2. The Morgan fingerprint density at radius 1 is 1.15 bits per heavy atom. The van der Waals surface area contributed by atoms with Crippen molar-refractivity contribution < 1.29 is 4.74 Å². The number of hydrogen-bond donors (Lipinski definition) is 1. The molecule has 1 aliphatic rings. The van der Waals surface area contributed by atoms with Crippen molar-refractivity contribution in [1.82, 2.24) is 5.32 Å². The number of rotatable bonds is 6. The minimum absolute atomic E-state index is 0.413. The Morgan fingerprint density at radius 3 is 2.45 bits per heavy atom. The first-order valence-corrected chi connectivity index (χ1v) is 8.06. The monoisotopic (exact) mass is 275 g/mol. The van der Waals surface area contributed by atoms with Crippen LogP contribution in [0.15, 0.2) is 24.3 Å². The van der Waals surface area contributed by atoms with E-state index in [2.05, 4.69) is 38.2 Å². The molecule has 0 saturated heterocycles. The first kappa shape index (κ1) is 15.4. The van der Waals surface area contributed by atoms with Crippen molar-refractivity contribution >= 4 is 0 Å². The fourth-order valence-corrected chi connectivity index (χ4v) is 2.82. The molecule has 0 amide bonds. The summed E-state index contributed by atoms with van der Waals surface area (Å²) >= 11 is 0. The standard InChI is InChI=1S/C18H29NO/c1-14-4-8-17(9-5-14)12-19-16(3)13-20-18-10-6-15(2)7-11-18/h6-7,10-11,14,16-17,19H,4-5,8-9,12-13H2,1-3H3. The lowest BCUT2D eigenvalue weighted by molar-refractivity contribution is 0.242. The van der Waals surface area contributed by atoms with Gasteiger partial charge in [0.05, 0.1) is 0 Å². The van der Waals surface area contributed by atoms with E-state index < -0.39 is 0 Å². The summed E-state index contributed by atoms with van der Waals surface area (Å²) in [7, 11) is 0. The summed E-state index contributed by atoms with van der Waals surface area (Å²) in [6.07, 6.45) is 5.58. The van der Waals surface area contributed by atoms with E-state index in [1.165, 1.54) is 31.2 Å². The molecule has 1 aromatic rings. The molecule has 1 unspecified atom stereocenters. The van der Waals surface area contributed by atoms with E-state index in [0.29, 0.717) is 6.04 Å². The lowest BCUT2D eigenvalue weighted by atomic mass is 9.83. The summed E-state index contributed by atoms with van der Waals surface area (Å²) in [6.45, 7) is 8.57. The van der Waals surface area contributed by atoms with Crippen LogP contribution in [0.3, 0.4) is 0 Å². The van der Waals surface area contributed by atoms with E-state index in [4.69, 9.17) is 4.74 Å². The molecule has 2 rings (SSSR count). The van der Waals surface area contributed by atoms with Gasteiger partial charge in [-0.05, 0) is 57.2 Å². The van der Waals surface area contributed by atoms with E-state index >= 15 is 0 Å². The van der Waals surface area contributed by atoms with Crippen molar-refractivity contribution in [3.63, 3.8) is 0 Å². The van der Waals surface area contributed by atoms with Crippen LogP contribution >= 0.6 is 0 Å². The highest BCUT2D eigenvalue weighted by atomic mass is 16.5. The predicted octanol–water partition coefficient (Wildman–Crippen LogP) is 4.18. The van der Waals surface area contributed by atoms with Crippen molar-refractivity contribution in [2.24, 2.45) is 11.8 Å². The van der Waals surface area contributed by atoms with E-state index in [1.54, 1.807) is 0 Å². The van der Waals surface area contributed by atoms with Gasteiger partial charge in [-0.3, -0.25) is 0 Å². The fraction of sp³-hybridized carbons (Fsp3) is 0.667. The summed E-state index contributed by atoms with van der Waals surface area (Å²) in [5.74, 6) is 2.78. The minimum Gasteiger partial charge on any atom is -0.492 e. The van der Waals surface area contributed by atoms with Gasteiger partial charge < -0.3 is 10.1 Å². The van der Waals surface area contributed by atoms with E-state index in [-0.39, 0.29) is 0 Å². The van der Waals surface area contributed by atoms with Gasteiger partial charge in [0.25, 0.3) is 0 Å². The van der Waals surface area contributed by atoms with Crippen molar-refractivity contribution in [3.05, 3.63) is 29.8 Å². The third-order valence-electron chi connectivity index (χ3n) is 4.41. The summed E-state index contributed by atoms with van der Waals surface area (Å²) in [5.41, 5.74) is 1.27. The smallest absolute Gasteiger partial charge is 0.119 e. The second-order valence-corrected chi connectivity index (χ2v) is 6.56. The Hall–Kier alpha value is -1.02. The molecule has 1 saturated carbocycles. The lowest BCUT2D eigenvalue weighted by Gasteiger charge is -2.27. The maximum Gasteiger partial charge on any atom is 0.119 e. The maximum atomic E-state index is 5.82.